The third kappa shape index (κ3) is 4.89. The zero-order chi connectivity index (χ0) is 17.6. The number of carbonyl (C=O) groups is 1. The fourth-order valence-electron chi connectivity index (χ4n) is 3.65. The second-order valence-corrected chi connectivity index (χ2v) is 6.92. The molecule has 2 heterocycles. The van der Waals surface area contributed by atoms with Gasteiger partial charge in [-0.1, -0.05) is 0 Å². The van der Waals surface area contributed by atoms with E-state index in [2.05, 4.69) is 15.3 Å². The Hall–Kier alpha value is -1.73. The molecule has 1 aromatic heterocycles. The van der Waals surface area contributed by atoms with E-state index < -0.39 is 5.91 Å². The summed E-state index contributed by atoms with van der Waals surface area (Å²) in [5, 5.41) is 3.30. The molecule has 1 aliphatic carbocycles. The lowest BCUT2D eigenvalue weighted by Gasteiger charge is -2.28. The molecule has 138 valence electrons. The van der Waals surface area contributed by atoms with E-state index in [-0.39, 0.29) is 6.04 Å². The quantitative estimate of drug-likeness (QED) is 0.781. The number of hydrogen-bond acceptors (Lipinski definition) is 6. The third-order valence-corrected chi connectivity index (χ3v) is 5.04. The molecule has 7 heteroatoms. The van der Waals surface area contributed by atoms with Gasteiger partial charge in [-0.05, 0) is 44.9 Å². The molecular formula is C18H28N4O3. The molecular weight excluding hydrogens is 320 g/mol. The predicted molar refractivity (Wildman–Crippen MR) is 94.5 cm³/mol. The monoisotopic (exact) mass is 348 g/mol. The van der Waals surface area contributed by atoms with E-state index in [1.54, 1.807) is 6.20 Å². The van der Waals surface area contributed by atoms with Crippen LogP contribution < -0.4 is 11.1 Å². The second-order valence-electron chi connectivity index (χ2n) is 6.92. The summed E-state index contributed by atoms with van der Waals surface area (Å²) in [5.41, 5.74) is 5.81. The number of ether oxygens (including phenoxy) is 2. The van der Waals surface area contributed by atoms with Gasteiger partial charge in [-0.25, -0.2) is 9.97 Å². The molecule has 0 radical (unpaired) electrons. The van der Waals surface area contributed by atoms with Crippen LogP contribution in [0.15, 0.2) is 6.20 Å². The van der Waals surface area contributed by atoms with E-state index >= 15 is 0 Å². The number of anilines is 1. The SMILES string of the molecule is CCOC1CCC(Cc2ncc(C(N)=O)c(NC3CCOC3)n2)CC1. The van der Waals surface area contributed by atoms with E-state index in [9.17, 15) is 4.79 Å². The van der Waals surface area contributed by atoms with Gasteiger partial charge in [0.15, 0.2) is 0 Å². The molecule has 1 saturated heterocycles. The largest absolute Gasteiger partial charge is 0.379 e. The highest BCUT2D eigenvalue weighted by atomic mass is 16.5. The standard InChI is InChI=1S/C18H28N4O3/c1-2-25-14-5-3-12(4-6-14)9-16-20-10-15(17(19)23)18(22-16)21-13-7-8-24-11-13/h10,12-14H,2-9,11H2,1H3,(H2,19,23)(H,20,21,22). The van der Waals surface area contributed by atoms with Gasteiger partial charge in [-0.15, -0.1) is 0 Å². The minimum Gasteiger partial charge on any atom is -0.379 e. The molecule has 25 heavy (non-hydrogen) atoms. The molecule has 0 aromatic carbocycles. The predicted octanol–water partition coefficient (Wildman–Crippen LogP) is 1.91. The van der Waals surface area contributed by atoms with Crippen LogP contribution >= 0.6 is 0 Å². The van der Waals surface area contributed by atoms with Gasteiger partial charge in [-0.3, -0.25) is 4.79 Å². The number of aromatic nitrogens is 2. The highest BCUT2D eigenvalue weighted by Crippen LogP contribution is 2.28. The number of nitrogens with two attached hydrogens (primary N) is 1. The lowest BCUT2D eigenvalue weighted by molar-refractivity contribution is 0.0255. The molecule has 3 N–H and O–H groups in total. The fraction of sp³-hybridized carbons (Fsp3) is 0.722. The Morgan fingerprint density at radius 2 is 2.16 bits per heavy atom. The summed E-state index contributed by atoms with van der Waals surface area (Å²) >= 11 is 0. The number of nitrogens with zero attached hydrogens (tertiary/aromatic N) is 2. The summed E-state index contributed by atoms with van der Waals surface area (Å²) in [5.74, 6) is 1.37. The van der Waals surface area contributed by atoms with E-state index in [0.717, 1.165) is 57.6 Å². The van der Waals surface area contributed by atoms with Crippen molar-refractivity contribution in [1.29, 1.82) is 0 Å². The van der Waals surface area contributed by atoms with Crippen molar-refractivity contribution in [3.8, 4) is 0 Å². The van der Waals surface area contributed by atoms with E-state index in [1.165, 1.54) is 0 Å². The van der Waals surface area contributed by atoms with Gasteiger partial charge in [0.2, 0.25) is 0 Å². The molecule has 7 nitrogen and oxygen atoms in total. The Morgan fingerprint density at radius 1 is 1.36 bits per heavy atom. The first-order chi connectivity index (χ1) is 12.2. The summed E-state index contributed by atoms with van der Waals surface area (Å²) in [6, 6.07) is 0.169. The van der Waals surface area contributed by atoms with Crippen LogP contribution in [0.3, 0.4) is 0 Å². The first-order valence-corrected chi connectivity index (χ1v) is 9.27. The summed E-state index contributed by atoms with van der Waals surface area (Å²) < 4.78 is 11.1. The van der Waals surface area contributed by atoms with E-state index in [0.29, 0.717) is 30.0 Å². The number of primary amides is 1. The van der Waals surface area contributed by atoms with Crippen LogP contribution in [0, 0.1) is 5.92 Å². The molecule has 3 rings (SSSR count). The van der Waals surface area contributed by atoms with Crippen LogP contribution in [-0.2, 0) is 15.9 Å². The highest BCUT2D eigenvalue weighted by Gasteiger charge is 2.24. The van der Waals surface area contributed by atoms with Gasteiger partial charge < -0.3 is 20.5 Å². The van der Waals surface area contributed by atoms with Crippen molar-refractivity contribution in [1.82, 2.24) is 9.97 Å². The molecule has 2 aliphatic rings. The van der Waals surface area contributed by atoms with Crippen LogP contribution in [0.5, 0.6) is 0 Å². The van der Waals surface area contributed by atoms with Gasteiger partial charge in [0.1, 0.15) is 11.6 Å². The van der Waals surface area contributed by atoms with Crippen molar-refractivity contribution < 1.29 is 14.3 Å². The number of carbonyl (C=O) groups excluding carboxylic acids is 1. The summed E-state index contributed by atoms with van der Waals surface area (Å²) in [6.07, 6.45) is 8.14. The van der Waals surface area contributed by atoms with E-state index in [1.807, 2.05) is 6.92 Å². The lowest BCUT2D eigenvalue weighted by Crippen LogP contribution is -2.25. The Labute approximate surface area is 148 Å². The molecule has 1 aromatic rings. The number of rotatable bonds is 7. The topological polar surface area (TPSA) is 99.4 Å². The summed E-state index contributed by atoms with van der Waals surface area (Å²) in [7, 11) is 0. The van der Waals surface area contributed by atoms with Crippen LogP contribution in [0.4, 0.5) is 5.82 Å². The minimum atomic E-state index is -0.509. The maximum Gasteiger partial charge on any atom is 0.254 e. The molecule has 1 aliphatic heterocycles. The average molecular weight is 348 g/mol. The molecule has 1 atom stereocenters. The lowest BCUT2D eigenvalue weighted by atomic mass is 9.85. The first-order valence-electron chi connectivity index (χ1n) is 9.27. The van der Waals surface area contributed by atoms with Gasteiger partial charge in [0.05, 0.1) is 24.3 Å². The maximum absolute atomic E-state index is 11.7. The van der Waals surface area contributed by atoms with Crippen molar-refractivity contribution in [3.05, 3.63) is 17.6 Å². The molecule has 2 fully saturated rings. The Morgan fingerprint density at radius 3 is 2.80 bits per heavy atom. The Kier molecular flexibility index (Phi) is 6.20. The van der Waals surface area contributed by atoms with Crippen LogP contribution in [-0.4, -0.2) is 47.8 Å². The normalized spacial score (nSPS) is 26.5. The second kappa shape index (κ2) is 8.58. The van der Waals surface area contributed by atoms with Crippen molar-refractivity contribution in [2.75, 3.05) is 25.1 Å². The molecule has 0 spiro atoms. The van der Waals surface area contributed by atoms with Gasteiger partial charge in [0.25, 0.3) is 5.91 Å². The number of nitrogens with one attached hydrogen (secondary N) is 1. The summed E-state index contributed by atoms with van der Waals surface area (Å²) in [4.78, 5) is 20.6. The number of hydrogen-bond donors (Lipinski definition) is 2. The van der Waals surface area contributed by atoms with Gasteiger partial charge in [-0.2, -0.15) is 0 Å². The molecule has 1 unspecified atom stereocenters. The molecule has 0 bridgehead atoms. The number of amides is 1. The molecule has 1 saturated carbocycles. The Bertz CT molecular complexity index is 582. The van der Waals surface area contributed by atoms with Crippen molar-refractivity contribution in [2.45, 2.75) is 57.6 Å². The first kappa shape index (κ1) is 18.1. The van der Waals surface area contributed by atoms with Crippen LogP contribution in [0.25, 0.3) is 0 Å². The van der Waals surface area contributed by atoms with Crippen molar-refractivity contribution in [3.63, 3.8) is 0 Å². The van der Waals surface area contributed by atoms with Gasteiger partial charge in [0, 0.05) is 25.8 Å². The zero-order valence-corrected chi connectivity index (χ0v) is 14.9. The van der Waals surface area contributed by atoms with E-state index in [4.69, 9.17) is 15.2 Å². The third-order valence-electron chi connectivity index (χ3n) is 5.04. The maximum atomic E-state index is 11.7. The summed E-state index contributed by atoms with van der Waals surface area (Å²) in [6.45, 7) is 4.18. The zero-order valence-electron chi connectivity index (χ0n) is 14.9. The average Bonchev–Trinajstić information content (AvgIpc) is 3.10. The minimum absolute atomic E-state index is 0.169. The fourth-order valence-corrected chi connectivity index (χ4v) is 3.65. The Balaban J connectivity index is 1.64. The van der Waals surface area contributed by atoms with Crippen molar-refractivity contribution in [2.24, 2.45) is 11.7 Å². The smallest absolute Gasteiger partial charge is 0.254 e. The van der Waals surface area contributed by atoms with Crippen LogP contribution in [0.1, 0.15) is 55.2 Å². The van der Waals surface area contributed by atoms with Crippen molar-refractivity contribution >= 4 is 11.7 Å². The van der Waals surface area contributed by atoms with Gasteiger partial charge >= 0.3 is 0 Å². The molecule has 1 amide bonds. The highest BCUT2D eigenvalue weighted by molar-refractivity contribution is 5.97. The van der Waals surface area contributed by atoms with Crippen LogP contribution in [0.2, 0.25) is 0 Å².